The Morgan fingerprint density at radius 3 is 2.81 bits per heavy atom. The molecule has 21 heavy (non-hydrogen) atoms. The van der Waals surface area contributed by atoms with E-state index in [2.05, 4.69) is 10.1 Å². The Labute approximate surface area is 122 Å². The molecule has 2 heterocycles. The molecule has 0 aromatic carbocycles. The molecule has 1 N–H and O–H groups in total. The molecule has 0 aliphatic carbocycles. The third-order valence-electron chi connectivity index (χ3n) is 3.18. The summed E-state index contributed by atoms with van der Waals surface area (Å²) in [7, 11) is 0. The van der Waals surface area contributed by atoms with E-state index in [0.717, 1.165) is 11.4 Å². The van der Waals surface area contributed by atoms with Crippen LogP contribution in [0.3, 0.4) is 0 Å². The number of amides is 1. The number of hydrogen-bond acceptors (Lipinski definition) is 5. The summed E-state index contributed by atoms with van der Waals surface area (Å²) >= 11 is 0. The minimum absolute atomic E-state index is 0.00802. The number of carboxylic acids is 1. The first-order chi connectivity index (χ1) is 10.0. The lowest BCUT2D eigenvalue weighted by Crippen LogP contribution is -2.39. The summed E-state index contributed by atoms with van der Waals surface area (Å²) in [5.74, 6) is -1.44. The van der Waals surface area contributed by atoms with E-state index in [1.54, 1.807) is 4.90 Å². The van der Waals surface area contributed by atoms with Crippen LogP contribution in [0.4, 0.5) is 0 Å². The molecular weight excluding hydrogens is 274 g/mol. The van der Waals surface area contributed by atoms with Crippen molar-refractivity contribution in [1.29, 1.82) is 0 Å². The Kier molecular flexibility index (Phi) is 4.52. The molecular formula is C14H17N3O4. The van der Waals surface area contributed by atoms with Crippen molar-refractivity contribution < 1.29 is 19.5 Å². The van der Waals surface area contributed by atoms with Gasteiger partial charge in [0.2, 0.25) is 6.10 Å². The van der Waals surface area contributed by atoms with Gasteiger partial charge in [-0.1, -0.05) is 11.2 Å². The summed E-state index contributed by atoms with van der Waals surface area (Å²) in [4.78, 5) is 34.0. The van der Waals surface area contributed by atoms with Gasteiger partial charge in [0.25, 0.3) is 5.91 Å². The van der Waals surface area contributed by atoms with Crippen molar-refractivity contribution in [2.75, 3.05) is 6.54 Å². The molecule has 0 saturated heterocycles. The van der Waals surface area contributed by atoms with Gasteiger partial charge in [0, 0.05) is 18.7 Å². The first kappa shape index (κ1) is 15.0. The van der Waals surface area contributed by atoms with Crippen LogP contribution in [0.5, 0.6) is 0 Å². The average Bonchev–Trinajstić information content (AvgIpc) is 2.94. The molecule has 0 fully saturated rings. The van der Waals surface area contributed by atoms with Gasteiger partial charge in [-0.3, -0.25) is 9.78 Å². The highest BCUT2D eigenvalue weighted by molar-refractivity contribution is 6.36. The zero-order valence-electron chi connectivity index (χ0n) is 11.9. The fourth-order valence-electron chi connectivity index (χ4n) is 2.07. The van der Waals surface area contributed by atoms with E-state index in [4.69, 9.17) is 9.94 Å². The van der Waals surface area contributed by atoms with E-state index in [1.165, 1.54) is 0 Å². The molecule has 7 nitrogen and oxygen atoms in total. The molecule has 1 atom stereocenters. The van der Waals surface area contributed by atoms with E-state index in [-0.39, 0.29) is 18.0 Å². The second-order valence-corrected chi connectivity index (χ2v) is 4.76. The van der Waals surface area contributed by atoms with Crippen molar-refractivity contribution in [2.45, 2.75) is 32.9 Å². The number of carbonyl (C=O) groups is 2. The molecule has 0 radical (unpaired) electrons. The van der Waals surface area contributed by atoms with E-state index < -0.39 is 12.1 Å². The minimum atomic E-state index is -1.16. The van der Waals surface area contributed by atoms with Gasteiger partial charge in [-0.2, -0.15) is 0 Å². The molecule has 0 spiro atoms. The van der Waals surface area contributed by atoms with Gasteiger partial charge in [-0.05, 0) is 26.0 Å². The van der Waals surface area contributed by atoms with E-state index in [0.29, 0.717) is 13.1 Å². The summed E-state index contributed by atoms with van der Waals surface area (Å²) < 4.78 is 0. The number of rotatable bonds is 5. The van der Waals surface area contributed by atoms with Crippen LogP contribution >= 0.6 is 0 Å². The fourth-order valence-corrected chi connectivity index (χ4v) is 2.07. The van der Waals surface area contributed by atoms with Gasteiger partial charge in [0.05, 0.1) is 12.2 Å². The van der Waals surface area contributed by atoms with Crippen LogP contribution in [0.15, 0.2) is 23.4 Å². The zero-order chi connectivity index (χ0) is 15.4. The van der Waals surface area contributed by atoms with Crippen LogP contribution in [-0.4, -0.2) is 45.2 Å². The molecule has 1 aromatic heterocycles. The van der Waals surface area contributed by atoms with Crippen molar-refractivity contribution in [3.05, 3.63) is 29.6 Å². The average molecular weight is 291 g/mol. The number of aliphatic carboxylic acids is 1. The second kappa shape index (κ2) is 6.34. The van der Waals surface area contributed by atoms with Gasteiger partial charge in [0.15, 0.2) is 5.71 Å². The van der Waals surface area contributed by atoms with E-state index in [9.17, 15) is 9.59 Å². The van der Waals surface area contributed by atoms with E-state index in [1.807, 2.05) is 32.0 Å². The number of likely N-dealkylation sites (N-methyl/N-ethyl adjacent to an activating group) is 1. The lowest BCUT2D eigenvalue weighted by molar-refractivity contribution is -0.142. The molecule has 1 unspecified atom stereocenters. The largest absolute Gasteiger partial charge is 0.477 e. The lowest BCUT2D eigenvalue weighted by Gasteiger charge is -2.22. The molecule has 7 heteroatoms. The highest BCUT2D eigenvalue weighted by atomic mass is 16.6. The first-order valence-corrected chi connectivity index (χ1v) is 6.68. The normalized spacial score (nSPS) is 17.0. The van der Waals surface area contributed by atoms with Crippen LogP contribution in [-0.2, 0) is 21.0 Å². The Morgan fingerprint density at radius 1 is 1.48 bits per heavy atom. The molecule has 1 aliphatic heterocycles. The van der Waals surface area contributed by atoms with Gasteiger partial charge >= 0.3 is 5.97 Å². The van der Waals surface area contributed by atoms with Crippen molar-refractivity contribution in [3.63, 3.8) is 0 Å². The minimum Gasteiger partial charge on any atom is -0.477 e. The quantitative estimate of drug-likeness (QED) is 0.872. The van der Waals surface area contributed by atoms with Crippen molar-refractivity contribution >= 4 is 17.6 Å². The maximum atomic E-state index is 12.3. The number of oxime groups is 1. The monoisotopic (exact) mass is 291 g/mol. The van der Waals surface area contributed by atoms with Gasteiger partial charge < -0.3 is 14.8 Å². The number of carboxylic acid groups (broad SMARTS) is 1. The SMILES string of the molecule is CCN(Cc1cccc(C)n1)C(=O)C1CC(C(=O)O)=NO1. The van der Waals surface area contributed by atoms with Crippen LogP contribution in [0.25, 0.3) is 0 Å². The number of nitrogens with zero attached hydrogens (tertiary/aromatic N) is 3. The highest BCUT2D eigenvalue weighted by Crippen LogP contribution is 2.15. The highest BCUT2D eigenvalue weighted by Gasteiger charge is 2.34. The number of hydrogen-bond donors (Lipinski definition) is 1. The number of carbonyl (C=O) groups excluding carboxylic acids is 1. The summed E-state index contributed by atoms with van der Waals surface area (Å²) in [6.45, 7) is 4.58. The number of aromatic nitrogens is 1. The van der Waals surface area contributed by atoms with Crippen LogP contribution in [0.1, 0.15) is 24.7 Å². The topological polar surface area (TPSA) is 92.1 Å². The Bertz CT molecular complexity index is 585. The Morgan fingerprint density at radius 2 is 2.24 bits per heavy atom. The lowest BCUT2D eigenvalue weighted by atomic mass is 10.1. The summed E-state index contributed by atoms with van der Waals surface area (Å²) in [5, 5.41) is 12.3. The zero-order valence-corrected chi connectivity index (χ0v) is 11.9. The van der Waals surface area contributed by atoms with Crippen molar-refractivity contribution in [1.82, 2.24) is 9.88 Å². The predicted octanol–water partition coefficient (Wildman–Crippen LogP) is 0.968. The molecule has 0 bridgehead atoms. The fraction of sp³-hybridized carbons (Fsp3) is 0.429. The molecule has 112 valence electrons. The maximum Gasteiger partial charge on any atom is 0.353 e. The molecule has 1 aliphatic rings. The molecule has 1 aromatic rings. The van der Waals surface area contributed by atoms with Gasteiger partial charge in [-0.25, -0.2) is 4.79 Å². The number of pyridine rings is 1. The Hall–Kier alpha value is -2.44. The maximum absolute atomic E-state index is 12.3. The summed E-state index contributed by atoms with van der Waals surface area (Å²) in [6.07, 6.45) is -0.868. The third kappa shape index (κ3) is 3.56. The standard InChI is InChI=1S/C14H17N3O4/c1-3-17(8-10-6-4-5-9(2)15-10)13(18)12-7-11(14(19)20)16-21-12/h4-6,12H,3,7-8H2,1-2H3,(H,19,20). The van der Waals surface area contributed by atoms with Gasteiger partial charge in [-0.15, -0.1) is 0 Å². The smallest absolute Gasteiger partial charge is 0.353 e. The van der Waals surface area contributed by atoms with Gasteiger partial charge in [0.1, 0.15) is 0 Å². The molecule has 2 rings (SSSR count). The van der Waals surface area contributed by atoms with E-state index >= 15 is 0 Å². The van der Waals surface area contributed by atoms with Crippen molar-refractivity contribution in [3.8, 4) is 0 Å². The predicted molar refractivity (Wildman–Crippen MR) is 74.6 cm³/mol. The van der Waals surface area contributed by atoms with Crippen LogP contribution in [0.2, 0.25) is 0 Å². The first-order valence-electron chi connectivity index (χ1n) is 6.68. The number of aryl methyl sites for hydroxylation is 1. The van der Waals surface area contributed by atoms with Crippen LogP contribution in [0, 0.1) is 6.92 Å². The van der Waals surface area contributed by atoms with Crippen LogP contribution < -0.4 is 0 Å². The third-order valence-corrected chi connectivity index (χ3v) is 3.18. The van der Waals surface area contributed by atoms with Crippen molar-refractivity contribution in [2.24, 2.45) is 5.16 Å². The Balaban J connectivity index is 2.01. The summed E-state index contributed by atoms with van der Waals surface area (Å²) in [6, 6.07) is 5.61. The molecule has 0 saturated carbocycles. The summed E-state index contributed by atoms with van der Waals surface area (Å²) in [5.41, 5.74) is 1.53. The molecule has 1 amide bonds. The second-order valence-electron chi connectivity index (χ2n) is 4.76.